The van der Waals surface area contributed by atoms with Gasteiger partial charge >= 0.3 is 0 Å². The Labute approximate surface area is 206 Å². The molecule has 1 heterocycles. The van der Waals surface area contributed by atoms with Crippen LogP contribution in [0.5, 0.6) is 0 Å². The van der Waals surface area contributed by atoms with Gasteiger partial charge in [0.15, 0.2) is 0 Å². The highest BCUT2D eigenvalue weighted by molar-refractivity contribution is 7.89. The molecule has 2 amide bonds. The zero-order valence-electron chi connectivity index (χ0n) is 20.1. The quantitative estimate of drug-likeness (QED) is 0.444. The Morgan fingerprint density at radius 3 is 2.20 bits per heavy atom. The van der Waals surface area contributed by atoms with Crippen LogP contribution < -0.4 is 4.90 Å². The van der Waals surface area contributed by atoms with Gasteiger partial charge in [0, 0.05) is 6.04 Å². The van der Waals surface area contributed by atoms with Crippen molar-refractivity contribution in [1.82, 2.24) is 4.31 Å². The molecule has 0 radical (unpaired) electrons. The van der Waals surface area contributed by atoms with Crippen LogP contribution in [0.3, 0.4) is 0 Å². The van der Waals surface area contributed by atoms with Crippen LogP contribution in [0.15, 0.2) is 71.6 Å². The van der Waals surface area contributed by atoms with Crippen molar-refractivity contribution in [3.8, 4) is 0 Å². The Hall–Kier alpha value is -3.03. The Bertz CT molecular complexity index is 1380. The molecule has 7 heteroatoms. The van der Waals surface area contributed by atoms with Crippen molar-refractivity contribution in [2.45, 2.75) is 68.8 Å². The topological polar surface area (TPSA) is 74.8 Å². The second kappa shape index (κ2) is 9.21. The fraction of sp³-hybridized carbons (Fsp3) is 0.357. The van der Waals surface area contributed by atoms with Crippen LogP contribution in [-0.2, 0) is 19.6 Å². The lowest BCUT2D eigenvalue weighted by atomic mass is 10.0. The molecule has 3 aromatic carbocycles. The highest BCUT2D eigenvalue weighted by atomic mass is 32.2. The number of amides is 2. The number of carbonyl (C=O) groups is 2. The van der Waals surface area contributed by atoms with Gasteiger partial charge in [-0.05, 0) is 59.4 Å². The minimum absolute atomic E-state index is 0.145. The molecule has 1 unspecified atom stereocenters. The summed E-state index contributed by atoms with van der Waals surface area (Å²) in [5.74, 6) is -0.510. The number of hydrogen-bond acceptors (Lipinski definition) is 4. The number of benzene rings is 3. The smallest absolute Gasteiger partial charge is 0.252 e. The van der Waals surface area contributed by atoms with Crippen LogP contribution in [0.4, 0.5) is 5.69 Å². The monoisotopic (exact) mass is 490 g/mol. The number of rotatable bonds is 6. The van der Waals surface area contributed by atoms with E-state index in [9.17, 15) is 18.0 Å². The normalized spacial score (nSPS) is 19.5. The third kappa shape index (κ3) is 4.28. The van der Waals surface area contributed by atoms with Gasteiger partial charge in [-0.15, -0.1) is 0 Å². The van der Waals surface area contributed by atoms with E-state index in [4.69, 9.17) is 0 Å². The number of nitrogens with zero attached hydrogens (tertiary/aromatic N) is 2. The van der Waals surface area contributed by atoms with Gasteiger partial charge in [-0.3, -0.25) is 9.59 Å². The van der Waals surface area contributed by atoms with Gasteiger partial charge < -0.3 is 0 Å². The molecular weight excluding hydrogens is 460 g/mol. The van der Waals surface area contributed by atoms with Crippen LogP contribution >= 0.6 is 0 Å². The third-order valence-corrected chi connectivity index (χ3v) is 9.19. The molecule has 0 aromatic heterocycles. The van der Waals surface area contributed by atoms with Gasteiger partial charge in [-0.2, -0.15) is 4.31 Å². The van der Waals surface area contributed by atoms with Crippen molar-refractivity contribution in [3.63, 3.8) is 0 Å². The molecule has 1 atom stereocenters. The standard InChI is InChI=1S/C28H30N2O4S/c1-19(2)20-11-14-23(15-12-20)29-27(31)18-26(28(29)32)30(24-9-5-6-10-24)35(33,34)25-16-13-21-7-3-4-8-22(21)17-25/h3-4,7-8,11-17,19,24,26H,5-6,9-10,18H2,1-2H3. The Balaban J connectivity index is 1.52. The van der Waals surface area contributed by atoms with Gasteiger partial charge in [0.1, 0.15) is 6.04 Å². The highest BCUT2D eigenvalue weighted by Crippen LogP contribution is 2.36. The summed E-state index contributed by atoms with van der Waals surface area (Å²) in [6, 6.07) is 18.7. The fourth-order valence-corrected chi connectivity index (χ4v) is 7.18. The number of carbonyl (C=O) groups excluding carboxylic acids is 2. The van der Waals surface area contributed by atoms with E-state index in [0.717, 1.165) is 34.1 Å². The number of fused-ring (bicyclic) bond motifs is 1. The predicted octanol–water partition coefficient (Wildman–Crippen LogP) is 5.23. The summed E-state index contributed by atoms with van der Waals surface area (Å²) in [6.45, 7) is 4.16. The van der Waals surface area contributed by atoms with Crippen LogP contribution in [0.25, 0.3) is 10.8 Å². The predicted molar refractivity (Wildman–Crippen MR) is 137 cm³/mol. The van der Waals surface area contributed by atoms with E-state index in [2.05, 4.69) is 13.8 Å². The summed E-state index contributed by atoms with van der Waals surface area (Å²) >= 11 is 0. The fourth-order valence-electron chi connectivity index (χ4n) is 5.32. The van der Waals surface area contributed by atoms with Gasteiger partial charge in [0.2, 0.25) is 15.9 Å². The molecule has 5 rings (SSSR count). The molecule has 0 spiro atoms. The number of hydrogen-bond donors (Lipinski definition) is 0. The molecule has 35 heavy (non-hydrogen) atoms. The van der Waals surface area contributed by atoms with E-state index in [1.54, 1.807) is 30.3 Å². The second-order valence-electron chi connectivity index (χ2n) is 9.82. The Morgan fingerprint density at radius 2 is 1.54 bits per heavy atom. The Kier molecular flexibility index (Phi) is 6.23. The first-order valence-corrected chi connectivity index (χ1v) is 13.7. The van der Waals surface area contributed by atoms with E-state index < -0.39 is 22.0 Å². The maximum Gasteiger partial charge on any atom is 0.252 e. The minimum Gasteiger partial charge on any atom is -0.274 e. The molecule has 1 aliphatic carbocycles. The highest BCUT2D eigenvalue weighted by Gasteiger charge is 2.49. The van der Waals surface area contributed by atoms with Crippen LogP contribution in [0.2, 0.25) is 0 Å². The zero-order chi connectivity index (χ0) is 24.7. The second-order valence-corrected chi connectivity index (χ2v) is 11.7. The van der Waals surface area contributed by atoms with E-state index >= 15 is 0 Å². The van der Waals surface area contributed by atoms with Crippen molar-refractivity contribution in [3.05, 3.63) is 72.3 Å². The molecule has 182 valence electrons. The van der Waals surface area contributed by atoms with E-state index in [1.165, 1.54) is 4.31 Å². The summed E-state index contributed by atoms with van der Waals surface area (Å²) < 4.78 is 29.4. The number of anilines is 1. The number of sulfonamides is 1. The maximum absolute atomic E-state index is 14.0. The molecule has 2 fully saturated rings. The third-order valence-electron chi connectivity index (χ3n) is 7.23. The molecular formula is C28H30N2O4S. The van der Waals surface area contributed by atoms with Gasteiger partial charge in [-0.1, -0.05) is 69.2 Å². The van der Waals surface area contributed by atoms with Gasteiger partial charge in [0.25, 0.3) is 5.91 Å². The molecule has 1 aliphatic heterocycles. The van der Waals surface area contributed by atoms with Crippen molar-refractivity contribution in [1.29, 1.82) is 0 Å². The minimum atomic E-state index is -4.01. The van der Waals surface area contributed by atoms with E-state index in [1.807, 2.05) is 36.4 Å². The van der Waals surface area contributed by atoms with Crippen molar-refractivity contribution < 1.29 is 18.0 Å². The van der Waals surface area contributed by atoms with Crippen LogP contribution in [0.1, 0.15) is 57.4 Å². The molecule has 6 nitrogen and oxygen atoms in total. The first-order chi connectivity index (χ1) is 16.8. The molecule has 3 aromatic rings. The SMILES string of the molecule is CC(C)c1ccc(N2C(=O)CC(N(C3CCCC3)S(=O)(=O)c3ccc4ccccc4c3)C2=O)cc1. The maximum atomic E-state index is 14.0. The molecule has 1 saturated heterocycles. The van der Waals surface area contributed by atoms with Crippen LogP contribution in [0, 0.1) is 0 Å². The summed E-state index contributed by atoms with van der Waals surface area (Å²) in [6.07, 6.45) is 3.04. The summed E-state index contributed by atoms with van der Waals surface area (Å²) in [5, 5.41) is 1.77. The van der Waals surface area contributed by atoms with E-state index in [-0.39, 0.29) is 23.3 Å². The largest absolute Gasteiger partial charge is 0.274 e. The average Bonchev–Trinajstić information content (AvgIpc) is 3.47. The molecule has 0 N–H and O–H groups in total. The summed E-state index contributed by atoms with van der Waals surface area (Å²) in [4.78, 5) is 28.0. The van der Waals surface area contributed by atoms with Crippen molar-refractivity contribution in [2.75, 3.05) is 4.90 Å². The first kappa shape index (κ1) is 23.7. The molecule has 0 bridgehead atoms. The zero-order valence-corrected chi connectivity index (χ0v) is 20.9. The average molecular weight is 491 g/mol. The van der Waals surface area contributed by atoms with Crippen molar-refractivity contribution >= 4 is 38.3 Å². The lowest BCUT2D eigenvalue weighted by Crippen LogP contribution is -2.49. The van der Waals surface area contributed by atoms with Gasteiger partial charge in [-0.25, -0.2) is 13.3 Å². The number of imide groups is 1. The Morgan fingerprint density at radius 1 is 0.886 bits per heavy atom. The summed E-state index contributed by atoms with van der Waals surface area (Å²) in [5.41, 5.74) is 1.59. The molecule has 2 aliphatic rings. The lowest BCUT2D eigenvalue weighted by molar-refractivity contribution is -0.122. The van der Waals surface area contributed by atoms with Crippen molar-refractivity contribution in [2.24, 2.45) is 0 Å². The summed E-state index contributed by atoms with van der Waals surface area (Å²) in [7, 11) is -4.01. The lowest BCUT2D eigenvalue weighted by Gasteiger charge is -2.32. The van der Waals surface area contributed by atoms with Crippen LogP contribution in [-0.4, -0.2) is 36.6 Å². The van der Waals surface area contributed by atoms with E-state index in [0.29, 0.717) is 24.4 Å². The van der Waals surface area contributed by atoms with Gasteiger partial charge in [0.05, 0.1) is 17.0 Å². The molecule has 1 saturated carbocycles. The first-order valence-electron chi connectivity index (χ1n) is 12.3.